The first-order chi connectivity index (χ1) is 16.7. The van der Waals surface area contributed by atoms with Crippen LogP contribution in [-0.2, 0) is 0 Å². The van der Waals surface area contributed by atoms with Crippen molar-refractivity contribution in [1.29, 1.82) is 0 Å². The van der Waals surface area contributed by atoms with E-state index in [1.807, 2.05) is 0 Å². The summed E-state index contributed by atoms with van der Waals surface area (Å²) in [6, 6.07) is 0. The SMILES string of the molecule is CC(C)C1=CC(N)(C(C)C)C(=C2C=CC=CC2P(C2CCCCC2)C2CCCCC2)C(C(C)C)=C1. The molecule has 0 aromatic rings. The summed E-state index contributed by atoms with van der Waals surface area (Å²) in [5, 5.41) is 0. The van der Waals surface area contributed by atoms with E-state index in [1.54, 1.807) is 5.57 Å². The summed E-state index contributed by atoms with van der Waals surface area (Å²) in [6.07, 6.45) is 29.2. The Kier molecular flexibility index (Phi) is 9.03. The van der Waals surface area contributed by atoms with Crippen molar-refractivity contribution in [1.82, 2.24) is 0 Å². The summed E-state index contributed by atoms with van der Waals surface area (Å²) in [4.78, 5) is 0. The smallest absolute Gasteiger partial charge is 0.0630 e. The molecule has 2 saturated carbocycles. The van der Waals surface area contributed by atoms with E-state index in [1.165, 1.54) is 80.9 Å². The first kappa shape index (κ1) is 27.1. The number of allylic oxidation sites excluding steroid dienone is 7. The largest absolute Gasteiger partial charge is 0.318 e. The Bertz CT molecular complexity index is 868. The molecule has 2 heteroatoms. The zero-order valence-electron chi connectivity index (χ0n) is 23.5. The predicted molar refractivity (Wildman–Crippen MR) is 157 cm³/mol. The maximum absolute atomic E-state index is 7.53. The van der Waals surface area contributed by atoms with Gasteiger partial charge in [-0.15, -0.1) is 0 Å². The third-order valence-corrected chi connectivity index (χ3v) is 13.1. The van der Waals surface area contributed by atoms with Gasteiger partial charge in [0.05, 0.1) is 5.54 Å². The highest BCUT2D eigenvalue weighted by Gasteiger charge is 2.43. The average Bonchev–Trinajstić information content (AvgIpc) is 2.85. The molecule has 194 valence electrons. The molecule has 1 nitrogen and oxygen atoms in total. The summed E-state index contributed by atoms with van der Waals surface area (Å²) >= 11 is 0. The number of hydrogen-bond acceptors (Lipinski definition) is 1. The van der Waals surface area contributed by atoms with Crippen molar-refractivity contribution in [2.75, 3.05) is 0 Å². The molecule has 0 aromatic carbocycles. The van der Waals surface area contributed by atoms with E-state index in [0.717, 1.165) is 11.3 Å². The quantitative estimate of drug-likeness (QED) is 0.366. The Hall–Kier alpha value is -0.910. The van der Waals surface area contributed by atoms with Crippen LogP contribution in [0.4, 0.5) is 0 Å². The van der Waals surface area contributed by atoms with Gasteiger partial charge in [0.1, 0.15) is 0 Å². The molecule has 2 N–H and O–H groups in total. The lowest BCUT2D eigenvalue weighted by Gasteiger charge is -2.47. The normalized spacial score (nSPS) is 31.1. The van der Waals surface area contributed by atoms with Crippen LogP contribution in [0.1, 0.15) is 106 Å². The van der Waals surface area contributed by atoms with Crippen LogP contribution >= 0.6 is 7.92 Å². The Balaban J connectivity index is 1.88. The molecule has 35 heavy (non-hydrogen) atoms. The first-order valence-corrected chi connectivity index (χ1v) is 16.4. The van der Waals surface area contributed by atoms with Crippen molar-refractivity contribution in [2.45, 2.75) is 128 Å². The molecule has 0 aromatic heterocycles. The summed E-state index contributed by atoms with van der Waals surface area (Å²) in [6.45, 7) is 14.0. The Morgan fingerprint density at radius 2 is 1.37 bits per heavy atom. The Morgan fingerprint density at radius 3 is 1.86 bits per heavy atom. The van der Waals surface area contributed by atoms with Crippen LogP contribution in [0.5, 0.6) is 0 Å². The second-order valence-electron chi connectivity index (χ2n) is 12.7. The van der Waals surface area contributed by atoms with E-state index in [-0.39, 0.29) is 7.92 Å². The van der Waals surface area contributed by atoms with Crippen LogP contribution in [0.25, 0.3) is 0 Å². The molecule has 0 amide bonds. The van der Waals surface area contributed by atoms with Gasteiger partial charge in [0.15, 0.2) is 0 Å². The topological polar surface area (TPSA) is 26.0 Å². The Labute approximate surface area is 218 Å². The van der Waals surface area contributed by atoms with Crippen molar-refractivity contribution < 1.29 is 0 Å². The lowest BCUT2D eigenvalue weighted by Crippen LogP contribution is -2.49. The zero-order chi connectivity index (χ0) is 25.2. The van der Waals surface area contributed by atoms with Gasteiger partial charge < -0.3 is 5.73 Å². The molecule has 4 rings (SSSR count). The van der Waals surface area contributed by atoms with Gasteiger partial charge in [0.2, 0.25) is 0 Å². The van der Waals surface area contributed by atoms with Crippen LogP contribution < -0.4 is 5.73 Å². The van der Waals surface area contributed by atoms with Crippen molar-refractivity contribution in [2.24, 2.45) is 23.5 Å². The first-order valence-electron chi connectivity index (χ1n) is 14.8. The molecular formula is C33H52NP. The summed E-state index contributed by atoms with van der Waals surface area (Å²) in [5.41, 5.74) is 15.5. The third kappa shape index (κ3) is 5.67. The van der Waals surface area contributed by atoms with Crippen molar-refractivity contribution in [3.05, 3.63) is 58.7 Å². The summed E-state index contributed by atoms with van der Waals surface area (Å²) in [7, 11) is -0.101. The molecule has 0 bridgehead atoms. The maximum atomic E-state index is 7.53. The average molecular weight is 494 g/mol. The highest BCUT2D eigenvalue weighted by Crippen LogP contribution is 2.62. The standard InChI is InChI=1S/C33H52NP/c1-23(2)26-21-30(24(3)4)32(33(34,22-26)25(5)6)29-19-13-14-20-31(29)35(27-15-9-7-10-16-27)28-17-11-8-12-18-28/h13-14,19-25,27-28,31H,7-12,15-18,34H2,1-6H3. The van der Waals surface area contributed by atoms with Crippen LogP contribution in [-0.4, -0.2) is 22.5 Å². The molecule has 2 unspecified atom stereocenters. The van der Waals surface area contributed by atoms with Gasteiger partial charge in [0, 0.05) is 5.66 Å². The predicted octanol–water partition coefficient (Wildman–Crippen LogP) is 9.46. The highest BCUT2D eigenvalue weighted by molar-refractivity contribution is 7.60. The van der Waals surface area contributed by atoms with E-state index in [9.17, 15) is 0 Å². The van der Waals surface area contributed by atoms with E-state index in [2.05, 4.69) is 78.0 Å². The van der Waals surface area contributed by atoms with Gasteiger partial charge in [0.25, 0.3) is 0 Å². The van der Waals surface area contributed by atoms with E-state index in [0.29, 0.717) is 23.4 Å². The van der Waals surface area contributed by atoms with Gasteiger partial charge in [-0.2, -0.15) is 0 Å². The fraction of sp³-hybridized carbons (Fsp3) is 0.697. The van der Waals surface area contributed by atoms with Crippen LogP contribution in [0, 0.1) is 17.8 Å². The second-order valence-corrected chi connectivity index (χ2v) is 15.6. The van der Waals surface area contributed by atoms with Gasteiger partial charge in [-0.05, 0) is 77.0 Å². The lowest BCUT2D eigenvalue weighted by atomic mass is 9.67. The van der Waals surface area contributed by atoms with Crippen molar-refractivity contribution >= 4 is 7.92 Å². The lowest BCUT2D eigenvalue weighted by molar-refractivity contribution is 0.428. The molecular weight excluding hydrogens is 441 g/mol. The monoisotopic (exact) mass is 493 g/mol. The maximum Gasteiger partial charge on any atom is 0.0630 e. The van der Waals surface area contributed by atoms with Gasteiger partial charge in [-0.1, -0.05) is 124 Å². The fourth-order valence-electron chi connectivity index (χ4n) is 7.08. The molecule has 0 aliphatic heterocycles. The van der Waals surface area contributed by atoms with Crippen molar-refractivity contribution in [3.8, 4) is 0 Å². The number of hydrogen-bond donors (Lipinski definition) is 1. The second kappa shape index (κ2) is 11.6. The highest BCUT2D eigenvalue weighted by atomic mass is 31.1. The molecule has 4 aliphatic rings. The molecule has 4 aliphatic carbocycles. The minimum Gasteiger partial charge on any atom is -0.318 e. The van der Waals surface area contributed by atoms with E-state index in [4.69, 9.17) is 5.73 Å². The van der Waals surface area contributed by atoms with E-state index < -0.39 is 5.54 Å². The van der Waals surface area contributed by atoms with Crippen LogP contribution in [0.2, 0.25) is 0 Å². The van der Waals surface area contributed by atoms with Crippen LogP contribution in [0.15, 0.2) is 58.7 Å². The molecule has 0 saturated heterocycles. The van der Waals surface area contributed by atoms with E-state index >= 15 is 0 Å². The minimum absolute atomic E-state index is 0.101. The fourth-order valence-corrected chi connectivity index (χ4v) is 11.3. The van der Waals surface area contributed by atoms with Gasteiger partial charge >= 0.3 is 0 Å². The Morgan fingerprint density at radius 1 is 0.800 bits per heavy atom. The molecule has 2 fully saturated rings. The van der Waals surface area contributed by atoms with Gasteiger partial charge in [-0.3, -0.25) is 0 Å². The van der Waals surface area contributed by atoms with Crippen LogP contribution in [0.3, 0.4) is 0 Å². The zero-order valence-corrected chi connectivity index (χ0v) is 24.4. The molecule has 0 radical (unpaired) electrons. The summed E-state index contributed by atoms with van der Waals surface area (Å²) in [5.74, 6) is 1.32. The summed E-state index contributed by atoms with van der Waals surface area (Å²) < 4.78 is 0. The number of rotatable bonds is 6. The molecule has 0 spiro atoms. The molecule has 0 heterocycles. The van der Waals surface area contributed by atoms with Gasteiger partial charge in [-0.25, -0.2) is 0 Å². The minimum atomic E-state index is -0.406. The molecule has 2 atom stereocenters. The third-order valence-electron chi connectivity index (χ3n) is 9.29. The van der Waals surface area contributed by atoms with Crippen molar-refractivity contribution in [3.63, 3.8) is 0 Å². The number of nitrogens with two attached hydrogens (primary N) is 1.